The number of aromatic hydroxyl groups is 1. The van der Waals surface area contributed by atoms with Gasteiger partial charge in [-0.25, -0.2) is 4.79 Å². The van der Waals surface area contributed by atoms with Gasteiger partial charge in [-0.2, -0.15) is 4.99 Å². The molecule has 2 atom stereocenters. The molecule has 0 spiro atoms. The second kappa shape index (κ2) is 39.5. The van der Waals surface area contributed by atoms with E-state index in [2.05, 4.69) is 47.1 Å². The van der Waals surface area contributed by atoms with Gasteiger partial charge in [0.25, 0.3) is 0 Å². The van der Waals surface area contributed by atoms with Crippen molar-refractivity contribution in [2.45, 2.75) is 96.4 Å². The number of carbonyl (C=O) groups is 9. The van der Waals surface area contributed by atoms with Crippen molar-refractivity contribution in [2.24, 2.45) is 10.7 Å². The summed E-state index contributed by atoms with van der Waals surface area (Å²) < 4.78 is 6.07. The minimum atomic E-state index is -1.04. The van der Waals surface area contributed by atoms with Crippen LogP contribution in [0, 0.1) is 0 Å². The van der Waals surface area contributed by atoms with Gasteiger partial charge in [0.05, 0.1) is 32.8 Å². The number of amides is 7. The molecule has 1 fully saturated rings. The maximum Gasteiger partial charge on any atom is 0.344 e. The van der Waals surface area contributed by atoms with Crippen molar-refractivity contribution in [1.29, 1.82) is 0 Å². The molecule has 3 aromatic rings. The average molecular weight is 1240 g/mol. The molecule has 13 N–H and O–H groups in total. The zero-order valence-electron chi connectivity index (χ0n) is 50.9. The Morgan fingerprint density at radius 3 is 1.63 bits per heavy atom. The average Bonchev–Trinajstić information content (AvgIpc) is 3.11. The Hall–Kier alpha value is -8.44. The molecular formula is C61H90N14O14. The number of unbranched alkanes of at least 4 members (excludes halogenated alkanes) is 3. The Balaban J connectivity index is 1.05. The number of carbonyl (C=O) groups excluding carboxylic acids is 6. The van der Waals surface area contributed by atoms with Gasteiger partial charge in [0.15, 0.2) is 5.96 Å². The lowest BCUT2D eigenvalue weighted by atomic mass is 10.0. The highest BCUT2D eigenvalue weighted by atomic mass is 16.5. The molecule has 0 radical (unpaired) electrons. The number of fused-ring (bicyclic) bond motifs is 1. The second-order valence-corrected chi connectivity index (χ2v) is 21.9. The van der Waals surface area contributed by atoms with Crippen molar-refractivity contribution in [1.82, 2.24) is 61.7 Å². The maximum absolute atomic E-state index is 14.6. The van der Waals surface area contributed by atoms with Crippen LogP contribution >= 0.6 is 0 Å². The van der Waals surface area contributed by atoms with E-state index >= 15 is 0 Å². The Bertz CT molecular complexity index is 2740. The highest BCUT2D eigenvalue weighted by Crippen LogP contribution is 2.33. The molecule has 3 aromatic carbocycles. The predicted molar refractivity (Wildman–Crippen MR) is 330 cm³/mol. The van der Waals surface area contributed by atoms with E-state index in [-0.39, 0.29) is 114 Å². The van der Waals surface area contributed by atoms with Crippen LogP contribution in [-0.2, 0) is 58.0 Å². The minimum Gasteiger partial charge on any atom is -0.508 e. The third-order valence-electron chi connectivity index (χ3n) is 14.9. The molecule has 2 heterocycles. The van der Waals surface area contributed by atoms with Gasteiger partial charge >= 0.3 is 23.9 Å². The molecule has 2 aliphatic rings. The zero-order chi connectivity index (χ0) is 64.3. The minimum absolute atomic E-state index is 0.0208. The van der Waals surface area contributed by atoms with E-state index < -0.39 is 47.8 Å². The fourth-order valence-corrected chi connectivity index (χ4v) is 10.1. The van der Waals surface area contributed by atoms with E-state index in [1.165, 1.54) is 12.1 Å². The monoisotopic (exact) mass is 1240 g/mol. The SMILES string of the molecule is CCC(=O)NCCNC(=O)/N=C(/N)NCCC[C@@H](NC(=O)[C@H](c1ccc(OCCCCNC(=O)CCCCCNC(=O)CN2CCN(CC(=O)O)CCN(CC(=O)O)CCN(CC(=O)O)CC2)cc1)N1Cc2ccccc2C1)C(=O)NCc1ccc(O)cc1. The number of rotatable bonds is 35. The summed E-state index contributed by atoms with van der Waals surface area (Å²) in [5.41, 5.74) is 9.57. The quantitative estimate of drug-likeness (QED) is 0.0218. The van der Waals surface area contributed by atoms with E-state index in [0.717, 1.165) is 16.7 Å². The number of nitrogens with one attached hydrogen (secondary N) is 7. The number of hydrogen-bond donors (Lipinski definition) is 12. The molecule has 89 heavy (non-hydrogen) atoms. The van der Waals surface area contributed by atoms with Crippen LogP contribution in [0.15, 0.2) is 77.8 Å². The summed E-state index contributed by atoms with van der Waals surface area (Å²) in [6.07, 6.45) is 4.49. The molecule has 0 aliphatic carbocycles. The molecule has 0 unspecified atom stereocenters. The number of benzene rings is 3. The van der Waals surface area contributed by atoms with E-state index in [4.69, 9.17) is 10.5 Å². The standard InChI is InChI=1S/C61H90N14O14/c1-2-51(77)65-26-27-67-61(88)70-60(62)66-25-10-13-50(58(86)68-37-44-15-19-48(76)20-16-44)69-59(87)57(75-38-46-11-5-6-12-47(46)39-75)45-17-21-49(22-18-45)89-36-9-8-24-63-52(78)14-4-3-7-23-64-53(79)40-71-28-30-72(41-54(80)81)32-34-74(43-56(84)85)35-33-73(31-29-71)42-55(82)83/h5-6,11-12,15-22,50,57,76H,2-4,7-10,13-14,23-43H2,1H3,(H,63,78)(H,64,79)(H,65,77)(H,68,86)(H,69,87)(H,80,81)(H,82,83)(H,84,85)(H4,62,66,67,70,88)/t50-,57+/m1/s1. The van der Waals surface area contributed by atoms with E-state index in [0.29, 0.717) is 122 Å². The number of phenols is 1. The third kappa shape index (κ3) is 28.5. The lowest BCUT2D eigenvalue weighted by Gasteiger charge is -2.32. The van der Waals surface area contributed by atoms with E-state index in [1.807, 2.05) is 41.3 Å². The molecule has 0 saturated carbocycles. The summed E-state index contributed by atoms with van der Waals surface area (Å²) in [6, 6.07) is 19.2. The Morgan fingerprint density at radius 1 is 0.551 bits per heavy atom. The number of aliphatic carboxylic acids is 3. The lowest BCUT2D eigenvalue weighted by molar-refractivity contribution is -0.140. The summed E-state index contributed by atoms with van der Waals surface area (Å²) in [5.74, 6) is -3.84. The molecule has 0 bridgehead atoms. The summed E-state index contributed by atoms with van der Waals surface area (Å²) in [7, 11) is 0. The van der Waals surface area contributed by atoms with Crippen LogP contribution in [0.2, 0.25) is 0 Å². The number of nitrogens with zero attached hydrogens (tertiary/aromatic N) is 6. The summed E-state index contributed by atoms with van der Waals surface area (Å²) >= 11 is 0. The van der Waals surface area contributed by atoms with Gasteiger partial charge < -0.3 is 68.1 Å². The molecule has 7 amide bonds. The summed E-state index contributed by atoms with van der Waals surface area (Å²) in [5, 5.41) is 58.1. The highest BCUT2D eigenvalue weighted by molar-refractivity contribution is 5.92. The first-order chi connectivity index (χ1) is 42.8. The molecule has 2 aliphatic heterocycles. The number of aliphatic imine (C=N–C) groups is 1. The van der Waals surface area contributed by atoms with Gasteiger partial charge in [-0.1, -0.05) is 61.9 Å². The number of carboxylic acid groups (broad SMARTS) is 3. The normalized spacial score (nSPS) is 15.4. The smallest absolute Gasteiger partial charge is 0.344 e. The lowest BCUT2D eigenvalue weighted by Crippen LogP contribution is -2.50. The molecule has 1 saturated heterocycles. The third-order valence-corrected chi connectivity index (χ3v) is 14.9. The Kier molecular flexibility index (Phi) is 31.6. The highest BCUT2D eigenvalue weighted by Gasteiger charge is 2.34. The summed E-state index contributed by atoms with van der Waals surface area (Å²) in [4.78, 5) is 125. The van der Waals surface area contributed by atoms with Gasteiger partial charge in [-0.15, -0.1) is 0 Å². The van der Waals surface area contributed by atoms with Crippen LogP contribution in [0.1, 0.15) is 93.0 Å². The van der Waals surface area contributed by atoms with Crippen LogP contribution in [0.5, 0.6) is 11.5 Å². The number of urea groups is 1. The number of phenolic OH excluding ortho intramolecular Hbond substituents is 1. The Morgan fingerprint density at radius 2 is 1.07 bits per heavy atom. The number of carboxylic acids is 3. The van der Waals surface area contributed by atoms with Gasteiger partial charge in [-0.05, 0) is 85.0 Å². The molecule has 0 aromatic heterocycles. The van der Waals surface area contributed by atoms with Gasteiger partial charge in [-0.3, -0.25) is 62.9 Å². The van der Waals surface area contributed by atoms with Crippen LogP contribution in [-0.4, -0.2) is 228 Å². The number of nitrogens with two attached hydrogens (primary N) is 1. The van der Waals surface area contributed by atoms with Crippen molar-refractivity contribution < 1.29 is 68.3 Å². The van der Waals surface area contributed by atoms with Crippen molar-refractivity contribution >= 4 is 59.4 Å². The van der Waals surface area contributed by atoms with E-state index in [1.54, 1.807) is 45.9 Å². The van der Waals surface area contributed by atoms with Crippen molar-refractivity contribution in [3.05, 3.63) is 95.1 Å². The van der Waals surface area contributed by atoms with Crippen LogP contribution in [0.4, 0.5) is 4.79 Å². The molecule has 488 valence electrons. The van der Waals surface area contributed by atoms with Gasteiger partial charge in [0, 0.05) is 118 Å². The van der Waals surface area contributed by atoms with Gasteiger partial charge in [0.1, 0.15) is 23.6 Å². The molecule has 28 nitrogen and oxygen atoms in total. The number of hydrogen-bond acceptors (Lipinski definition) is 16. The fraction of sp³-hybridized carbons (Fsp3) is 0.541. The van der Waals surface area contributed by atoms with Crippen molar-refractivity contribution in [2.75, 3.05) is 118 Å². The van der Waals surface area contributed by atoms with Crippen LogP contribution in [0.25, 0.3) is 0 Å². The zero-order valence-corrected chi connectivity index (χ0v) is 50.9. The molecule has 28 heteroatoms. The topological polar surface area (TPSA) is 383 Å². The Labute approximate surface area is 519 Å². The first kappa shape index (κ1) is 71.3. The van der Waals surface area contributed by atoms with Crippen LogP contribution < -0.4 is 47.7 Å². The van der Waals surface area contributed by atoms with Crippen molar-refractivity contribution in [3.8, 4) is 11.5 Å². The summed E-state index contributed by atoms with van der Waals surface area (Å²) in [6.45, 7) is 6.36. The number of ether oxygens (including phenoxy) is 1. The van der Waals surface area contributed by atoms with E-state index in [9.17, 15) is 63.6 Å². The predicted octanol–water partition coefficient (Wildman–Crippen LogP) is 0.598. The first-order valence-electron chi connectivity index (χ1n) is 30.4. The molecular weight excluding hydrogens is 1150 g/mol. The number of guanidine groups is 1. The van der Waals surface area contributed by atoms with Crippen LogP contribution in [0.3, 0.4) is 0 Å². The first-order valence-corrected chi connectivity index (χ1v) is 30.4. The maximum atomic E-state index is 14.6. The van der Waals surface area contributed by atoms with Gasteiger partial charge in [0.2, 0.25) is 29.5 Å². The van der Waals surface area contributed by atoms with Crippen molar-refractivity contribution in [3.63, 3.8) is 0 Å². The fourth-order valence-electron chi connectivity index (χ4n) is 10.1. The molecule has 5 rings (SSSR count). The second-order valence-electron chi connectivity index (χ2n) is 21.9. The largest absolute Gasteiger partial charge is 0.508 e.